The van der Waals surface area contributed by atoms with Gasteiger partial charge in [0, 0.05) is 6.42 Å². The van der Waals surface area contributed by atoms with Crippen molar-refractivity contribution in [2.24, 2.45) is 0 Å². The molecule has 0 aliphatic carbocycles. The summed E-state index contributed by atoms with van der Waals surface area (Å²) in [6.45, 7) is 3.31. The fourth-order valence-electron chi connectivity index (χ4n) is 0.639. The molecule has 76 valence electrons. The van der Waals surface area contributed by atoms with E-state index < -0.39 is 5.60 Å². The Labute approximate surface area is 85.7 Å². The average molecular weight is 192 g/mol. The molecule has 0 aromatic rings. The Morgan fingerprint density at radius 1 is 1.21 bits per heavy atom. The number of aliphatic hydroxyl groups excluding tert-OH is 1. The third kappa shape index (κ3) is 10.8. The van der Waals surface area contributed by atoms with Gasteiger partial charge in [0.2, 0.25) is 0 Å². The van der Waals surface area contributed by atoms with Crippen molar-refractivity contribution in [3.8, 4) is 23.7 Å². The van der Waals surface area contributed by atoms with Crippen molar-refractivity contribution in [1.29, 1.82) is 0 Å². The molecule has 2 heteroatoms. The van der Waals surface area contributed by atoms with Crippen molar-refractivity contribution in [1.82, 2.24) is 0 Å². The Balaban J connectivity index is 3.73. The van der Waals surface area contributed by atoms with E-state index in [4.69, 9.17) is 5.11 Å². The predicted octanol–water partition coefficient (Wildman–Crippen LogP) is 1.09. The third-order valence-corrected chi connectivity index (χ3v) is 1.23. The van der Waals surface area contributed by atoms with E-state index in [1.54, 1.807) is 19.9 Å². The van der Waals surface area contributed by atoms with E-state index in [1.165, 1.54) is 0 Å². The first kappa shape index (κ1) is 12.8. The van der Waals surface area contributed by atoms with Crippen molar-refractivity contribution in [2.45, 2.75) is 32.3 Å². The lowest BCUT2D eigenvalue weighted by atomic mass is 10.1. The molecule has 0 aromatic heterocycles. The summed E-state index contributed by atoms with van der Waals surface area (Å²) in [4.78, 5) is 0. The molecule has 0 bridgehead atoms. The molecule has 0 unspecified atom stereocenters. The summed E-state index contributed by atoms with van der Waals surface area (Å²) < 4.78 is 0. The molecule has 0 amide bonds. The number of unbranched alkanes of at least 4 members (excludes halogenated alkanes) is 1. The Morgan fingerprint density at radius 3 is 2.50 bits per heavy atom. The summed E-state index contributed by atoms with van der Waals surface area (Å²) in [6, 6.07) is 0. The van der Waals surface area contributed by atoms with Crippen LogP contribution in [0.4, 0.5) is 0 Å². The van der Waals surface area contributed by atoms with E-state index in [9.17, 15) is 5.11 Å². The van der Waals surface area contributed by atoms with E-state index in [0.29, 0.717) is 0 Å². The topological polar surface area (TPSA) is 40.5 Å². The molecule has 0 aliphatic rings. The van der Waals surface area contributed by atoms with Gasteiger partial charge in [-0.3, -0.25) is 0 Å². The number of aliphatic hydroxyl groups is 2. The first-order valence-electron chi connectivity index (χ1n) is 4.54. The highest BCUT2D eigenvalue weighted by Crippen LogP contribution is 1.95. The smallest absolute Gasteiger partial charge is 0.120 e. The molecule has 0 aromatic carbocycles. The van der Waals surface area contributed by atoms with Crippen LogP contribution in [0.1, 0.15) is 26.7 Å². The maximum Gasteiger partial charge on any atom is 0.120 e. The zero-order valence-electron chi connectivity index (χ0n) is 8.67. The van der Waals surface area contributed by atoms with Crippen LogP contribution < -0.4 is 0 Å². The quantitative estimate of drug-likeness (QED) is 0.399. The second-order valence-corrected chi connectivity index (χ2v) is 3.30. The molecular weight excluding hydrogens is 176 g/mol. The van der Waals surface area contributed by atoms with Gasteiger partial charge >= 0.3 is 0 Å². The third-order valence-electron chi connectivity index (χ3n) is 1.23. The largest absolute Gasteiger partial charge is 0.392 e. The van der Waals surface area contributed by atoms with Gasteiger partial charge in [-0.15, -0.1) is 0 Å². The fourth-order valence-corrected chi connectivity index (χ4v) is 0.639. The molecular formula is C12H16O2. The van der Waals surface area contributed by atoms with Crippen LogP contribution in [0.15, 0.2) is 12.2 Å². The molecule has 0 atom stereocenters. The van der Waals surface area contributed by atoms with E-state index >= 15 is 0 Å². The van der Waals surface area contributed by atoms with Crippen LogP contribution in [0.25, 0.3) is 0 Å². The van der Waals surface area contributed by atoms with Crippen molar-refractivity contribution in [3.63, 3.8) is 0 Å². The second-order valence-electron chi connectivity index (χ2n) is 3.30. The highest BCUT2D eigenvalue weighted by atomic mass is 16.3. The number of hydrogen-bond donors (Lipinski definition) is 2. The zero-order chi connectivity index (χ0) is 10.9. The Morgan fingerprint density at radius 2 is 1.93 bits per heavy atom. The zero-order valence-corrected chi connectivity index (χ0v) is 8.67. The number of rotatable bonds is 3. The van der Waals surface area contributed by atoms with Crippen molar-refractivity contribution in [2.75, 3.05) is 6.61 Å². The van der Waals surface area contributed by atoms with Crippen LogP contribution in [-0.4, -0.2) is 22.4 Å². The lowest BCUT2D eigenvalue weighted by molar-refractivity contribution is 0.143. The predicted molar refractivity (Wildman–Crippen MR) is 57.3 cm³/mol. The molecule has 0 spiro atoms. The highest BCUT2D eigenvalue weighted by Gasteiger charge is 2.04. The van der Waals surface area contributed by atoms with Gasteiger partial charge < -0.3 is 10.2 Å². The summed E-state index contributed by atoms with van der Waals surface area (Å²) in [5.41, 5.74) is -0.967. The molecule has 14 heavy (non-hydrogen) atoms. The van der Waals surface area contributed by atoms with Gasteiger partial charge in [0.15, 0.2) is 0 Å². The van der Waals surface area contributed by atoms with Gasteiger partial charge in [-0.2, -0.15) is 0 Å². The van der Waals surface area contributed by atoms with Crippen LogP contribution in [0, 0.1) is 23.7 Å². The van der Waals surface area contributed by atoms with Gasteiger partial charge in [-0.25, -0.2) is 0 Å². The normalized spacial score (nSPS) is 10.3. The van der Waals surface area contributed by atoms with Crippen LogP contribution in [0.2, 0.25) is 0 Å². The van der Waals surface area contributed by atoms with Crippen LogP contribution in [-0.2, 0) is 0 Å². The van der Waals surface area contributed by atoms with Crippen molar-refractivity contribution in [3.05, 3.63) is 12.2 Å². The number of hydrogen-bond acceptors (Lipinski definition) is 2. The molecule has 0 saturated carbocycles. The summed E-state index contributed by atoms with van der Waals surface area (Å²) in [6.07, 6.45) is 5.09. The first-order valence-corrected chi connectivity index (χ1v) is 4.54. The van der Waals surface area contributed by atoms with E-state index in [1.807, 2.05) is 6.08 Å². The van der Waals surface area contributed by atoms with Crippen molar-refractivity contribution >= 4 is 0 Å². The highest BCUT2D eigenvalue weighted by molar-refractivity contribution is 5.28. The first-order chi connectivity index (χ1) is 6.56. The lowest BCUT2D eigenvalue weighted by Crippen LogP contribution is -2.14. The maximum absolute atomic E-state index is 9.21. The van der Waals surface area contributed by atoms with E-state index in [2.05, 4.69) is 23.7 Å². The Hall–Kier alpha value is -1.22. The van der Waals surface area contributed by atoms with Gasteiger partial charge in [-0.1, -0.05) is 24.0 Å². The van der Waals surface area contributed by atoms with E-state index in [-0.39, 0.29) is 6.61 Å². The molecule has 0 heterocycles. The molecule has 0 rings (SSSR count). The van der Waals surface area contributed by atoms with Crippen LogP contribution in [0.3, 0.4) is 0 Å². The van der Waals surface area contributed by atoms with Crippen molar-refractivity contribution < 1.29 is 10.2 Å². The Bertz CT molecular complexity index is 286. The van der Waals surface area contributed by atoms with Gasteiger partial charge in [-0.05, 0) is 32.1 Å². The standard InChI is InChI=1S/C12H16O2/c1-12(2,14)10-8-6-4-3-5-7-9-11-13/h7,9,13-14H,3,5,11H2,1-2H3/b9-7+. The monoisotopic (exact) mass is 192 g/mol. The Kier molecular flexibility index (Phi) is 6.58. The molecule has 2 nitrogen and oxygen atoms in total. The maximum atomic E-state index is 9.21. The minimum absolute atomic E-state index is 0.0753. The summed E-state index contributed by atoms with van der Waals surface area (Å²) in [5, 5.41) is 17.6. The molecule has 0 radical (unpaired) electrons. The SMILES string of the molecule is CC(C)(O)C#CC#CCC/C=C/CO. The minimum Gasteiger partial charge on any atom is -0.392 e. The van der Waals surface area contributed by atoms with Gasteiger partial charge in [0.1, 0.15) is 5.60 Å². The second kappa shape index (κ2) is 7.21. The summed E-state index contributed by atoms with van der Waals surface area (Å²) >= 11 is 0. The number of allylic oxidation sites excluding steroid dienone is 1. The van der Waals surface area contributed by atoms with Crippen LogP contribution in [0.5, 0.6) is 0 Å². The minimum atomic E-state index is -0.967. The molecule has 2 N–H and O–H groups in total. The molecule has 0 aliphatic heterocycles. The fraction of sp³-hybridized carbons (Fsp3) is 0.500. The average Bonchev–Trinajstić information content (AvgIpc) is 2.08. The van der Waals surface area contributed by atoms with Gasteiger partial charge in [0.25, 0.3) is 0 Å². The molecule has 0 fully saturated rings. The summed E-state index contributed by atoms with van der Waals surface area (Å²) in [7, 11) is 0. The molecule has 0 saturated heterocycles. The van der Waals surface area contributed by atoms with Gasteiger partial charge in [0.05, 0.1) is 6.61 Å². The van der Waals surface area contributed by atoms with Crippen LogP contribution >= 0.6 is 0 Å². The lowest BCUT2D eigenvalue weighted by Gasteiger charge is -2.04. The summed E-state index contributed by atoms with van der Waals surface area (Å²) in [5.74, 6) is 10.7. The van der Waals surface area contributed by atoms with E-state index in [0.717, 1.165) is 12.8 Å².